The van der Waals surface area contributed by atoms with Crippen LogP contribution in [-0.2, 0) is 4.79 Å². The molecule has 0 aliphatic carbocycles. The van der Waals surface area contributed by atoms with Gasteiger partial charge in [-0.3, -0.25) is 4.79 Å². The highest BCUT2D eigenvalue weighted by Gasteiger charge is 2.00. The molecule has 0 spiro atoms. The number of carbonyl (C=O) groups is 1. The van der Waals surface area contributed by atoms with Gasteiger partial charge in [-0.25, -0.2) is 4.98 Å². The average molecular weight is 176 g/mol. The van der Waals surface area contributed by atoms with Crippen molar-refractivity contribution in [1.29, 1.82) is 0 Å². The Balaban J connectivity index is 2.97. The van der Waals surface area contributed by atoms with E-state index in [0.717, 1.165) is 5.56 Å². The number of hydrogen-bond acceptors (Lipinski definition) is 2. The Morgan fingerprint density at radius 3 is 3.00 bits per heavy atom. The van der Waals surface area contributed by atoms with Crippen LogP contribution in [0.4, 0.5) is 5.82 Å². The molecule has 0 saturated heterocycles. The predicted molar refractivity (Wildman–Crippen MR) is 53.2 cm³/mol. The quantitative estimate of drug-likeness (QED) is 0.749. The fraction of sp³-hybridized carbons (Fsp3) is 0.200. The molecular formula is C10H12N2O. The number of nitrogens with zero attached hydrogens (tertiary/aromatic N) is 1. The van der Waals surface area contributed by atoms with E-state index >= 15 is 0 Å². The van der Waals surface area contributed by atoms with Crippen LogP contribution in [0.5, 0.6) is 0 Å². The Hall–Kier alpha value is -1.64. The van der Waals surface area contributed by atoms with Crippen molar-refractivity contribution in [2.75, 3.05) is 5.32 Å². The summed E-state index contributed by atoms with van der Waals surface area (Å²) < 4.78 is 0. The fourth-order valence-electron chi connectivity index (χ4n) is 1.00. The molecule has 0 unspecified atom stereocenters. The number of allylic oxidation sites excluding steroid dienone is 1. The lowest BCUT2D eigenvalue weighted by atomic mass is 10.2. The molecule has 0 aliphatic heterocycles. The third-order valence-corrected chi connectivity index (χ3v) is 1.48. The van der Waals surface area contributed by atoms with Crippen molar-refractivity contribution < 1.29 is 4.79 Å². The van der Waals surface area contributed by atoms with Crippen molar-refractivity contribution in [3.8, 4) is 0 Å². The number of anilines is 1. The molecule has 0 saturated carbocycles. The van der Waals surface area contributed by atoms with Crippen LogP contribution in [0.1, 0.15) is 19.4 Å². The highest BCUT2D eigenvalue weighted by molar-refractivity contribution is 5.89. The van der Waals surface area contributed by atoms with E-state index in [9.17, 15) is 4.79 Å². The van der Waals surface area contributed by atoms with Crippen LogP contribution in [0.3, 0.4) is 0 Å². The summed E-state index contributed by atoms with van der Waals surface area (Å²) in [5.41, 5.74) is 0.917. The number of nitrogens with one attached hydrogen (secondary N) is 1. The molecular weight excluding hydrogens is 164 g/mol. The number of rotatable bonds is 2. The third-order valence-electron chi connectivity index (χ3n) is 1.48. The maximum Gasteiger partial charge on any atom is 0.222 e. The van der Waals surface area contributed by atoms with Crippen LogP contribution in [-0.4, -0.2) is 10.9 Å². The van der Waals surface area contributed by atoms with E-state index in [1.807, 2.05) is 31.2 Å². The normalized spacial score (nSPS) is 10.3. The van der Waals surface area contributed by atoms with Crippen LogP contribution in [0.25, 0.3) is 6.08 Å². The zero-order valence-electron chi connectivity index (χ0n) is 7.74. The van der Waals surface area contributed by atoms with Crippen molar-refractivity contribution in [2.45, 2.75) is 13.8 Å². The first kappa shape index (κ1) is 9.45. The molecule has 3 nitrogen and oxygen atoms in total. The molecule has 1 rings (SSSR count). The standard InChI is InChI=1S/C10H12N2O/c1-3-5-9-6-4-7-11-10(9)12-8(2)13/h3-7H,1-2H3,(H,11,12,13)/b5-3+. The predicted octanol–water partition coefficient (Wildman–Crippen LogP) is 2.07. The van der Waals surface area contributed by atoms with E-state index in [1.54, 1.807) is 6.20 Å². The Labute approximate surface area is 77.5 Å². The summed E-state index contributed by atoms with van der Waals surface area (Å²) in [5.74, 6) is 0.498. The van der Waals surface area contributed by atoms with Crippen molar-refractivity contribution >= 4 is 17.8 Å². The van der Waals surface area contributed by atoms with Gasteiger partial charge in [0, 0.05) is 18.7 Å². The summed E-state index contributed by atoms with van der Waals surface area (Å²) in [6, 6.07) is 3.74. The number of hydrogen-bond donors (Lipinski definition) is 1. The van der Waals surface area contributed by atoms with Gasteiger partial charge in [-0.05, 0) is 19.1 Å². The number of carbonyl (C=O) groups excluding carboxylic acids is 1. The minimum absolute atomic E-state index is 0.107. The lowest BCUT2D eigenvalue weighted by molar-refractivity contribution is -0.114. The first-order valence-electron chi connectivity index (χ1n) is 4.09. The monoisotopic (exact) mass is 176 g/mol. The van der Waals surface area contributed by atoms with Gasteiger partial charge >= 0.3 is 0 Å². The first-order chi connectivity index (χ1) is 6.24. The van der Waals surface area contributed by atoms with Crippen LogP contribution < -0.4 is 5.32 Å². The Morgan fingerprint density at radius 1 is 1.62 bits per heavy atom. The van der Waals surface area contributed by atoms with Crippen molar-refractivity contribution in [3.05, 3.63) is 30.0 Å². The Bertz CT molecular complexity index is 331. The molecule has 0 radical (unpaired) electrons. The van der Waals surface area contributed by atoms with Gasteiger partial charge in [-0.1, -0.05) is 12.2 Å². The van der Waals surface area contributed by atoms with Crippen molar-refractivity contribution in [1.82, 2.24) is 4.98 Å². The van der Waals surface area contributed by atoms with Gasteiger partial charge in [0.25, 0.3) is 0 Å². The van der Waals surface area contributed by atoms with E-state index in [4.69, 9.17) is 0 Å². The summed E-state index contributed by atoms with van der Waals surface area (Å²) in [6.45, 7) is 3.39. The van der Waals surface area contributed by atoms with Crippen LogP contribution >= 0.6 is 0 Å². The fourth-order valence-corrected chi connectivity index (χ4v) is 1.00. The zero-order chi connectivity index (χ0) is 9.68. The SMILES string of the molecule is C/C=C/c1cccnc1NC(C)=O. The average Bonchev–Trinajstić information content (AvgIpc) is 2.08. The smallest absolute Gasteiger partial charge is 0.222 e. The Kier molecular flexibility index (Phi) is 3.20. The van der Waals surface area contributed by atoms with Gasteiger partial charge in [0.15, 0.2) is 0 Å². The molecule has 3 heteroatoms. The third kappa shape index (κ3) is 2.71. The minimum Gasteiger partial charge on any atom is -0.310 e. The van der Waals surface area contributed by atoms with Gasteiger partial charge in [-0.15, -0.1) is 0 Å². The second-order valence-corrected chi connectivity index (χ2v) is 2.62. The van der Waals surface area contributed by atoms with Crippen LogP contribution in [0.2, 0.25) is 0 Å². The zero-order valence-corrected chi connectivity index (χ0v) is 7.74. The topological polar surface area (TPSA) is 42.0 Å². The maximum absolute atomic E-state index is 10.8. The minimum atomic E-state index is -0.107. The molecule has 68 valence electrons. The highest BCUT2D eigenvalue weighted by atomic mass is 16.1. The van der Waals surface area contributed by atoms with Gasteiger partial charge in [0.1, 0.15) is 5.82 Å². The second-order valence-electron chi connectivity index (χ2n) is 2.62. The molecule has 0 fully saturated rings. The van der Waals surface area contributed by atoms with Crippen LogP contribution in [0.15, 0.2) is 24.4 Å². The Morgan fingerprint density at radius 2 is 2.38 bits per heavy atom. The first-order valence-corrected chi connectivity index (χ1v) is 4.09. The van der Waals surface area contributed by atoms with E-state index in [0.29, 0.717) is 5.82 Å². The van der Waals surface area contributed by atoms with E-state index < -0.39 is 0 Å². The maximum atomic E-state index is 10.8. The van der Waals surface area contributed by atoms with Crippen molar-refractivity contribution in [3.63, 3.8) is 0 Å². The molecule has 1 amide bonds. The highest BCUT2D eigenvalue weighted by Crippen LogP contribution is 2.12. The van der Waals surface area contributed by atoms with E-state index in [1.165, 1.54) is 6.92 Å². The van der Waals surface area contributed by atoms with Gasteiger partial charge < -0.3 is 5.32 Å². The van der Waals surface area contributed by atoms with Gasteiger partial charge in [0.05, 0.1) is 0 Å². The van der Waals surface area contributed by atoms with Gasteiger partial charge in [0.2, 0.25) is 5.91 Å². The summed E-state index contributed by atoms with van der Waals surface area (Å²) in [4.78, 5) is 14.8. The largest absolute Gasteiger partial charge is 0.310 e. The summed E-state index contributed by atoms with van der Waals surface area (Å²) in [5, 5.41) is 2.66. The van der Waals surface area contributed by atoms with Gasteiger partial charge in [-0.2, -0.15) is 0 Å². The van der Waals surface area contributed by atoms with E-state index in [-0.39, 0.29) is 5.91 Å². The molecule has 0 aliphatic rings. The number of pyridine rings is 1. The molecule has 0 bridgehead atoms. The number of amides is 1. The van der Waals surface area contributed by atoms with E-state index in [2.05, 4.69) is 10.3 Å². The van der Waals surface area contributed by atoms with Crippen molar-refractivity contribution in [2.24, 2.45) is 0 Å². The summed E-state index contributed by atoms with van der Waals surface area (Å²) >= 11 is 0. The summed E-state index contributed by atoms with van der Waals surface area (Å²) in [7, 11) is 0. The molecule has 1 N–H and O–H groups in total. The lowest BCUT2D eigenvalue weighted by Crippen LogP contribution is -2.08. The summed E-state index contributed by atoms with van der Waals surface area (Å²) in [6.07, 6.45) is 5.46. The molecule has 13 heavy (non-hydrogen) atoms. The number of aromatic nitrogens is 1. The molecule has 1 aromatic rings. The lowest BCUT2D eigenvalue weighted by Gasteiger charge is -2.03. The molecule has 0 aromatic carbocycles. The molecule has 1 heterocycles. The second kappa shape index (κ2) is 4.40. The van der Waals surface area contributed by atoms with Crippen LogP contribution in [0, 0.1) is 0 Å². The molecule has 0 atom stereocenters. The molecule has 1 aromatic heterocycles.